The highest BCUT2D eigenvalue weighted by atomic mass is 16.5. The van der Waals surface area contributed by atoms with Crippen molar-refractivity contribution in [2.45, 2.75) is 33.2 Å². The van der Waals surface area contributed by atoms with Crippen LogP contribution in [0.3, 0.4) is 0 Å². The van der Waals surface area contributed by atoms with Gasteiger partial charge in [0.05, 0.1) is 12.9 Å². The van der Waals surface area contributed by atoms with Crippen LogP contribution in [-0.4, -0.2) is 16.2 Å². The molecule has 0 unspecified atom stereocenters. The van der Waals surface area contributed by atoms with Crippen molar-refractivity contribution in [2.75, 3.05) is 12.3 Å². The van der Waals surface area contributed by atoms with Crippen LogP contribution < -0.4 is 10.5 Å². The number of rotatable bonds is 6. The number of hydrogen-bond acceptors (Lipinski definition) is 3. The fourth-order valence-corrected chi connectivity index (χ4v) is 2.00. The number of imidazole rings is 1. The summed E-state index contributed by atoms with van der Waals surface area (Å²) in [5, 5.41) is 0. The molecule has 0 aliphatic rings. The van der Waals surface area contributed by atoms with Crippen molar-refractivity contribution >= 4 is 5.82 Å². The van der Waals surface area contributed by atoms with Crippen molar-refractivity contribution in [1.82, 2.24) is 9.55 Å². The Bertz CT molecular complexity index is 517. The molecule has 2 aromatic rings. The van der Waals surface area contributed by atoms with Gasteiger partial charge in [-0.1, -0.05) is 13.3 Å². The van der Waals surface area contributed by atoms with Crippen LogP contribution in [0.5, 0.6) is 5.75 Å². The zero-order chi connectivity index (χ0) is 13.7. The molecule has 0 spiro atoms. The van der Waals surface area contributed by atoms with E-state index in [1.165, 1.54) is 0 Å². The Balaban J connectivity index is 2.19. The molecule has 0 radical (unpaired) electrons. The van der Waals surface area contributed by atoms with Crippen molar-refractivity contribution in [3.63, 3.8) is 0 Å². The summed E-state index contributed by atoms with van der Waals surface area (Å²) in [7, 11) is 0. The first-order chi connectivity index (χ1) is 9.26. The molecule has 1 aromatic carbocycles. The molecule has 0 aliphatic heterocycles. The number of unbranched alkanes of at least 4 members (excludes halogenated alkanes) is 1. The number of nitrogen functional groups attached to an aromatic ring is 1. The third-order valence-corrected chi connectivity index (χ3v) is 3.07. The average molecular weight is 259 g/mol. The first-order valence-electron chi connectivity index (χ1n) is 6.80. The molecule has 2 rings (SSSR count). The van der Waals surface area contributed by atoms with Gasteiger partial charge in [-0.25, -0.2) is 4.98 Å². The van der Waals surface area contributed by atoms with E-state index in [9.17, 15) is 0 Å². The van der Waals surface area contributed by atoms with E-state index in [4.69, 9.17) is 10.5 Å². The second-order valence-corrected chi connectivity index (χ2v) is 4.48. The third-order valence-electron chi connectivity index (χ3n) is 3.07. The third kappa shape index (κ3) is 3.08. The molecule has 0 bridgehead atoms. The minimum absolute atomic E-state index is 0.674. The van der Waals surface area contributed by atoms with E-state index in [1.54, 1.807) is 0 Å². The van der Waals surface area contributed by atoms with Crippen LogP contribution >= 0.6 is 0 Å². The van der Waals surface area contributed by atoms with Crippen molar-refractivity contribution in [1.29, 1.82) is 0 Å². The van der Waals surface area contributed by atoms with E-state index in [0.29, 0.717) is 6.61 Å². The molecule has 0 saturated carbocycles. The summed E-state index contributed by atoms with van der Waals surface area (Å²) in [4.78, 5) is 4.41. The van der Waals surface area contributed by atoms with Crippen LogP contribution in [0.15, 0.2) is 30.6 Å². The molecule has 0 aliphatic carbocycles. The minimum Gasteiger partial charge on any atom is -0.494 e. The lowest BCUT2D eigenvalue weighted by Crippen LogP contribution is -2.02. The Hall–Kier alpha value is -1.97. The number of aryl methyl sites for hydroxylation is 1. The SMILES string of the molecule is CCCCn1cnc(-c2ccc(OCC)cc2)c1N. The standard InChI is InChI=1S/C15H21N3O/c1-3-5-10-18-11-17-14(15(18)16)12-6-8-13(9-7-12)19-4-2/h6-9,11H,3-5,10,16H2,1-2H3. The summed E-state index contributed by atoms with van der Waals surface area (Å²) in [5.74, 6) is 1.60. The Morgan fingerprint density at radius 1 is 1.21 bits per heavy atom. The minimum atomic E-state index is 0.674. The predicted molar refractivity (Wildman–Crippen MR) is 78.2 cm³/mol. The van der Waals surface area contributed by atoms with Crippen LogP contribution in [0.25, 0.3) is 11.3 Å². The maximum absolute atomic E-state index is 6.14. The number of nitrogens with zero attached hydrogens (tertiary/aromatic N) is 2. The van der Waals surface area contributed by atoms with Crippen LogP contribution in [0, 0.1) is 0 Å². The van der Waals surface area contributed by atoms with Crippen molar-refractivity contribution < 1.29 is 4.74 Å². The van der Waals surface area contributed by atoms with Gasteiger partial charge in [0.15, 0.2) is 0 Å². The van der Waals surface area contributed by atoms with E-state index in [1.807, 2.05) is 42.1 Å². The van der Waals surface area contributed by atoms with Crippen LogP contribution in [0.2, 0.25) is 0 Å². The van der Waals surface area contributed by atoms with Gasteiger partial charge >= 0.3 is 0 Å². The van der Waals surface area contributed by atoms with Crippen LogP contribution in [0.1, 0.15) is 26.7 Å². The maximum Gasteiger partial charge on any atom is 0.131 e. The molecule has 0 amide bonds. The second-order valence-electron chi connectivity index (χ2n) is 4.48. The van der Waals surface area contributed by atoms with Crippen molar-refractivity contribution in [2.24, 2.45) is 0 Å². The summed E-state index contributed by atoms with van der Waals surface area (Å²) in [6.45, 7) is 5.74. The van der Waals surface area contributed by atoms with Gasteiger partial charge in [-0.15, -0.1) is 0 Å². The van der Waals surface area contributed by atoms with E-state index < -0.39 is 0 Å². The smallest absolute Gasteiger partial charge is 0.131 e. The number of nitrogens with two attached hydrogens (primary N) is 1. The van der Waals surface area contributed by atoms with Gasteiger partial charge < -0.3 is 15.0 Å². The Morgan fingerprint density at radius 2 is 1.95 bits per heavy atom. The summed E-state index contributed by atoms with van der Waals surface area (Å²) in [6, 6.07) is 7.88. The van der Waals surface area contributed by atoms with Gasteiger partial charge in [0.25, 0.3) is 0 Å². The molecule has 0 saturated heterocycles. The van der Waals surface area contributed by atoms with Gasteiger partial charge in [-0.2, -0.15) is 0 Å². The van der Waals surface area contributed by atoms with Gasteiger partial charge in [0, 0.05) is 12.1 Å². The Morgan fingerprint density at radius 3 is 2.58 bits per heavy atom. The van der Waals surface area contributed by atoms with E-state index in [-0.39, 0.29) is 0 Å². The molecule has 1 aromatic heterocycles. The lowest BCUT2D eigenvalue weighted by molar-refractivity contribution is 0.340. The number of ether oxygens (including phenoxy) is 1. The van der Waals surface area contributed by atoms with E-state index in [0.717, 1.165) is 42.2 Å². The first-order valence-corrected chi connectivity index (χ1v) is 6.80. The molecule has 4 heteroatoms. The van der Waals surface area contributed by atoms with Gasteiger partial charge in [0.2, 0.25) is 0 Å². The monoisotopic (exact) mass is 259 g/mol. The van der Waals surface area contributed by atoms with Crippen molar-refractivity contribution in [3.8, 4) is 17.0 Å². The second kappa shape index (κ2) is 6.27. The molecule has 2 N–H and O–H groups in total. The normalized spacial score (nSPS) is 10.6. The Labute approximate surface area is 114 Å². The Kier molecular flexibility index (Phi) is 4.44. The quantitative estimate of drug-likeness (QED) is 0.865. The highest BCUT2D eigenvalue weighted by Crippen LogP contribution is 2.26. The van der Waals surface area contributed by atoms with Crippen LogP contribution in [-0.2, 0) is 6.54 Å². The zero-order valence-corrected chi connectivity index (χ0v) is 11.6. The van der Waals surface area contributed by atoms with E-state index in [2.05, 4.69) is 11.9 Å². The molecule has 102 valence electrons. The maximum atomic E-state index is 6.14. The summed E-state index contributed by atoms with van der Waals surface area (Å²) in [5.41, 5.74) is 8.01. The number of hydrogen-bond donors (Lipinski definition) is 1. The average Bonchev–Trinajstić information content (AvgIpc) is 2.79. The molecule has 19 heavy (non-hydrogen) atoms. The highest BCUT2D eigenvalue weighted by Gasteiger charge is 2.09. The highest BCUT2D eigenvalue weighted by molar-refractivity contribution is 5.70. The molecule has 0 atom stereocenters. The fraction of sp³-hybridized carbons (Fsp3) is 0.400. The predicted octanol–water partition coefficient (Wildman–Crippen LogP) is 3.33. The lowest BCUT2D eigenvalue weighted by Gasteiger charge is -2.06. The zero-order valence-electron chi connectivity index (χ0n) is 11.6. The van der Waals surface area contributed by atoms with Crippen LogP contribution in [0.4, 0.5) is 5.82 Å². The molecular formula is C15H21N3O. The van der Waals surface area contributed by atoms with Gasteiger partial charge in [0.1, 0.15) is 17.3 Å². The summed E-state index contributed by atoms with van der Waals surface area (Å²) in [6.07, 6.45) is 4.08. The van der Waals surface area contributed by atoms with E-state index >= 15 is 0 Å². The first kappa shape index (κ1) is 13.5. The lowest BCUT2D eigenvalue weighted by atomic mass is 10.1. The molecule has 1 heterocycles. The van der Waals surface area contributed by atoms with Gasteiger partial charge in [-0.3, -0.25) is 0 Å². The fourth-order valence-electron chi connectivity index (χ4n) is 2.00. The summed E-state index contributed by atoms with van der Waals surface area (Å²) < 4.78 is 7.44. The topological polar surface area (TPSA) is 53.1 Å². The summed E-state index contributed by atoms with van der Waals surface area (Å²) >= 11 is 0. The van der Waals surface area contributed by atoms with Gasteiger partial charge in [-0.05, 0) is 37.6 Å². The molecule has 0 fully saturated rings. The molecular weight excluding hydrogens is 238 g/mol. The number of benzene rings is 1. The largest absolute Gasteiger partial charge is 0.494 e. The number of anilines is 1. The van der Waals surface area contributed by atoms with Crippen molar-refractivity contribution in [3.05, 3.63) is 30.6 Å². The molecule has 4 nitrogen and oxygen atoms in total. The number of aromatic nitrogens is 2.